The summed E-state index contributed by atoms with van der Waals surface area (Å²) in [5.74, 6) is 1.23. The van der Waals surface area contributed by atoms with E-state index in [1.807, 2.05) is 17.0 Å². The Morgan fingerprint density at radius 3 is 2.41 bits per heavy atom. The van der Waals surface area contributed by atoms with E-state index in [0.29, 0.717) is 12.0 Å². The lowest BCUT2D eigenvalue weighted by Crippen LogP contribution is -2.42. The maximum Gasteiger partial charge on any atom is 0.250 e. The molecule has 29 heavy (non-hydrogen) atoms. The molecule has 0 bridgehead atoms. The molecule has 3 heterocycles. The van der Waals surface area contributed by atoms with Gasteiger partial charge in [0.05, 0.1) is 17.5 Å². The molecule has 6 nitrogen and oxygen atoms in total. The Hall–Kier alpha value is -2.34. The van der Waals surface area contributed by atoms with Crippen LogP contribution in [0.1, 0.15) is 41.6 Å². The van der Waals surface area contributed by atoms with Gasteiger partial charge in [-0.2, -0.15) is 0 Å². The van der Waals surface area contributed by atoms with Gasteiger partial charge in [-0.3, -0.25) is 9.59 Å². The fraction of sp³-hybridized carbons (Fsp3) is 0.522. The summed E-state index contributed by atoms with van der Waals surface area (Å²) in [6, 6.07) is 5.71. The molecule has 3 N–H and O–H groups in total. The number of aromatic amines is 1. The van der Waals surface area contributed by atoms with Crippen LogP contribution >= 0.6 is 0 Å². The Balaban J connectivity index is 1.30. The summed E-state index contributed by atoms with van der Waals surface area (Å²) >= 11 is 0. The highest BCUT2D eigenvalue weighted by atomic mass is 16.2. The van der Waals surface area contributed by atoms with Crippen LogP contribution in [0.5, 0.6) is 0 Å². The molecule has 0 spiro atoms. The number of nitrogens with zero attached hydrogens (tertiary/aromatic N) is 2. The van der Waals surface area contributed by atoms with Crippen LogP contribution in [0, 0.1) is 18.3 Å². The largest absolute Gasteiger partial charge is 0.366 e. The molecule has 2 aliphatic rings. The number of H-pyrrole nitrogens is 1. The Morgan fingerprint density at radius 2 is 1.76 bits per heavy atom. The van der Waals surface area contributed by atoms with Crippen molar-refractivity contribution in [3.63, 3.8) is 0 Å². The zero-order chi connectivity index (χ0) is 20.4. The minimum Gasteiger partial charge on any atom is -0.366 e. The van der Waals surface area contributed by atoms with Crippen LogP contribution in [0.25, 0.3) is 10.9 Å². The number of nitrogens with one attached hydrogen (secondary N) is 1. The number of amides is 2. The number of benzene rings is 1. The fourth-order valence-corrected chi connectivity index (χ4v) is 4.97. The number of primary amides is 1. The number of piperidine rings is 2. The number of hydrogen-bond donors (Lipinski definition) is 2. The molecular weight excluding hydrogens is 364 g/mol. The van der Waals surface area contributed by atoms with Gasteiger partial charge in [-0.05, 0) is 87.8 Å². The molecule has 0 atom stereocenters. The molecule has 2 aromatic rings. The predicted octanol–water partition coefficient (Wildman–Crippen LogP) is 2.59. The second-order valence-corrected chi connectivity index (χ2v) is 8.66. The minimum absolute atomic E-state index is 0.0987. The molecule has 2 aliphatic heterocycles. The smallest absolute Gasteiger partial charge is 0.250 e. The van der Waals surface area contributed by atoms with Crippen molar-refractivity contribution < 1.29 is 9.59 Å². The van der Waals surface area contributed by atoms with Gasteiger partial charge in [0.1, 0.15) is 0 Å². The number of carbonyl (C=O) groups excluding carboxylic acids is 2. The lowest BCUT2D eigenvalue weighted by atomic mass is 9.79. The molecule has 2 amide bonds. The van der Waals surface area contributed by atoms with E-state index < -0.39 is 5.91 Å². The number of aromatic nitrogens is 1. The third-order valence-corrected chi connectivity index (χ3v) is 6.78. The topological polar surface area (TPSA) is 82.4 Å². The average molecular weight is 396 g/mol. The number of carbonyl (C=O) groups is 2. The van der Waals surface area contributed by atoms with Crippen LogP contribution in [0.15, 0.2) is 24.4 Å². The van der Waals surface area contributed by atoms with Crippen molar-refractivity contribution in [1.29, 1.82) is 0 Å². The summed E-state index contributed by atoms with van der Waals surface area (Å²) < 4.78 is 0. The molecule has 0 saturated carbocycles. The molecule has 2 saturated heterocycles. The highest BCUT2D eigenvalue weighted by Gasteiger charge is 2.30. The van der Waals surface area contributed by atoms with E-state index in [0.717, 1.165) is 54.2 Å². The third kappa shape index (κ3) is 4.47. The van der Waals surface area contributed by atoms with Crippen LogP contribution in [0.4, 0.5) is 0 Å². The van der Waals surface area contributed by atoms with Gasteiger partial charge >= 0.3 is 0 Å². The standard InChI is InChI=1S/C23H31N4O2/c1-26-10-5-17(6-11-26)18-7-12-27(13-8-18)21(28)3-2-16-14-19-4-9-25-22(19)20(15-16)23(24)29/h3-4,9,14-15,17-18,25H,2,5-8,10-13H2,1H3,(H2,24,29). The van der Waals surface area contributed by atoms with Crippen LogP contribution < -0.4 is 5.73 Å². The predicted molar refractivity (Wildman–Crippen MR) is 114 cm³/mol. The fourth-order valence-electron chi connectivity index (χ4n) is 4.97. The second-order valence-electron chi connectivity index (χ2n) is 8.66. The molecule has 1 radical (unpaired) electrons. The van der Waals surface area contributed by atoms with Gasteiger partial charge in [-0.1, -0.05) is 0 Å². The van der Waals surface area contributed by atoms with Gasteiger partial charge < -0.3 is 20.5 Å². The van der Waals surface area contributed by atoms with E-state index in [1.54, 1.807) is 18.7 Å². The van der Waals surface area contributed by atoms with E-state index >= 15 is 0 Å². The first-order valence-corrected chi connectivity index (χ1v) is 10.7. The maximum atomic E-state index is 12.7. The maximum absolute atomic E-state index is 12.7. The summed E-state index contributed by atoms with van der Waals surface area (Å²) in [6.45, 7) is 4.12. The molecule has 0 aliphatic carbocycles. The average Bonchev–Trinajstić information content (AvgIpc) is 3.20. The summed E-state index contributed by atoms with van der Waals surface area (Å²) in [4.78, 5) is 31.9. The van der Waals surface area contributed by atoms with Crippen LogP contribution in [-0.2, 0) is 11.2 Å². The highest BCUT2D eigenvalue weighted by Crippen LogP contribution is 2.32. The van der Waals surface area contributed by atoms with Crippen molar-refractivity contribution in [2.45, 2.75) is 32.1 Å². The van der Waals surface area contributed by atoms with Gasteiger partial charge in [0.25, 0.3) is 5.91 Å². The molecule has 6 heteroatoms. The van der Waals surface area contributed by atoms with Crippen LogP contribution in [-0.4, -0.2) is 59.8 Å². The van der Waals surface area contributed by atoms with Crippen molar-refractivity contribution in [1.82, 2.24) is 14.8 Å². The Morgan fingerprint density at radius 1 is 1.10 bits per heavy atom. The number of likely N-dealkylation sites (tertiary alicyclic amines) is 2. The van der Waals surface area contributed by atoms with Crippen molar-refractivity contribution in [2.24, 2.45) is 17.6 Å². The molecule has 0 unspecified atom stereocenters. The molecule has 155 valence electrons. The molecule has 2 fully saturated rings. The van der Waals surface area contributed by atoms with Crippen molar-refractivity contribution >= 4 is 22.7 Å². The van der Waals surface area contributed by atoms with Gasteiger partial charge in [0, 0.05) is 24.7 Å². The lowest BCUT2D eigenvalue weighted by molar-refractivity contribution is -0.129. The van der Waals surface area contributed by atoms with Gasteiger partial charge in [-0.25, -0.2) is 0 Å². The second kappa shape index (κ2) is 8.57. The normalized spacial score (nSPS) is 19.7. The van der Waals surface area contributed by atoms with E-state index in [-0.39, 0.29) is 5.91 Å². The Kier molecular flexibility index (Phi) is 5.90. The van der Waals surface area contributed by atoms with Gasteiger partial charge in [-0.15, -0.1) is 0 Å². The molecule has 1 aromatic heterocycles. The van der Waals surface area contributed by atoms with Crippen molar-refractivity contribution in [3.05, 3.63) is 41.9 Å². The zero-order valence-corrected chi connectivity index (χ0v) is 17.2. The van der Waals surface area contributed by atoms with Crippen molar-refractivity contribution in [3.8, 4) is 0 Å². The van der Waals surface area contributed by atoms with Gasteiger partial charge in [0.2, 0.25) is 5.91 Å². The summed E-state index contributed by atoms with van der Waals surface area (Å²) in [5, 5.41) is 0.941. The van der Waals surface area contributed by atoms with E-state index in [4.69, 9.17) is 5.73 Å². The molecule has 4 rings (SSSR count). The number of rotatable bonds is 5. The number of fused-ring (bicyclic) bond motifs is 1. The summed E-state index contributed by atoms with van der Waals surface area (Å²) in [7, 11) is 2.20. The SMILES string of the molecule is CN1CCC(C2CCN(C(=O)[CH]Cc3cc(C(N)=O)c4[nH]ccc4c3)CC2)CC1. The van der Waals surface area contributed by atoms with Crippen LogP contribution in [0.3, 0.4) is 0 Å². The number of nitrogens with two attached hydrogens (primary N) is 1. The van der Waals surface area contributed by atoms with E-state index in [1.165, 1.54) is 25.9 Å². The molecular formula is C23H31N4O2. The zero-order valence-electron chi connectivity index (χ0n) is 17.2. The summed E-state index contributed by atoms with van der Waals surface area (Å²) in [5.41, 5.74) is 7.67. The Labute approximate surface area is 172 Å². The van der Waals surface area contributed by atoms with Crippen LogP contribution in [0.2, 0.25) is 0 Å². The monoisotopic (exact) mass is 395 g/mol. The third-order valence-electron chi connectivity index (χ3n) is 6.78. The first-order valence-electron chi connectivity index (χ1n) is 10.7. The molecule has 1 aromatic carbocycles. The minimum atomic E-state index is -0.457. The summed E-state index contributed by atoms with van der Waals surface area (Å²) in [6.07, 6.45) is 8.88. The Bertz CT molecular complexity index is 874. The van der Waals surface area contributed by atoms with E-state index in [9.17, 15) is 9.59 Å². The highest BCUT2D eigenvalue weighted by molar-refractivity contribution is 6.05. The van der Waals surface area contributed by atoms with Gasteiger partial charge in [0.15, 0.2) is 0 Å². The van der Waals surface area contributed by atoms with E-state index in [2.05, 4.69) is 16.9 Å². The number of hydrogen-bond acceptors (Lipinski definition) is 3. The first-order chi connectivity index (χ1) is 14.0. The quantitative estimate of drug-likeness (QED) is 0.816. The first kappa shape index (κ1) is 20.0. The van der Waals surface area contributed by atoms with Crippen molar-refractivity contribution in [2.75, 3.05) is 33.2 Å². The lowest BCUT2D eigenvalue weighted by Gasteiger charge is -2.39.